The quantitative estimate of drug-likeness (QED) is 0.721. The van der Waals surface area contributed by atoms with Gasteiger partial charge in [-0.25, -0.2) is 0 Å². The number of pyridine rings is 1. The number of fused-ring (bicyclic) bond motifs is 3. The lowest BCUT2D eigenvalue weighted by molar-refractivity contribution is 1.19. The number of hydrogen-bond donors (Lipinski definition) is 1. The first-order chi connectivity index (χ1) is 7.74. The van der Waals surface area contributed by atoms with E-state index < -0.39 is 0 Å². The number of anilines is 1. The molecule has 0 aliphatic carbocycles. The molecule has 0 saturated carbocycles. The number of aryl methyl sites for hydroxylation is 1. The third kappa shape index (κ3) is 1.38. The molecular weight excluding hydrogens is 196 g/mol. The minimum absolute atomic E-state index is 0.918. The summed E-state index contributed by atoms with van der Waals surface area (Å²) in [6.07, 6.45) is 4.16. The Hall–Kier alpha value is -1.83. The van der Waals surface area contributed by atoms with Crippen LogP contribution in [-0.4, -0.2) is 11.5 Å². The van der Waals surface area contributed by atoms with Crippen LogP contribution in [0, 0.1) is 6.92 Å². The van der Waals surface area contributed by atoms with E-state index in [2.05, 4.69) is 48.4 Å². The second-order valence-electron chi connectivity index (χ2n) is 4.46. The van der Waals surface area contributed by atoms with Crippen LogP contribution in [0.2, 0.25) is 0 Å². The van der Waals surface area contributed by atoms with Crippen molar-refractivity contribution in [1.29, 1.82) is 0 Å². The summed E-state index contributed by atoms with van der Waals surface area (Å²) < 4.78 is 0. The normalized spacial score (nSPS) is 14.2. The Kier molecular flexibility index (Phi) is 1.96. The molecule has 1 aromatic carbocycles. The molecule has 0 amide bonds. The zero-order chi connectivity index (χ0) is 11.1. The van der Waals surface area contributed by atoms with E-state index in [0.717, 1.165) is 12.1 Å². The zero-order valence-electron chi connectivity index (χ0n) is 9.54. The van der Waals surface area contributed by atoms with Gasteiger partial charge in [0.25, 0.3) is 0 Å². The van der Waals surface area contributed by atoms with Crippen molar-refractivity contribution in [2.45, 2.75) is 13.8 Å². The topological polar surface area (TPSA) is 24.9 Å². The first kappa shape index (κ1) is 9.40. The van der Waals surface area contributed by atoms with Crippen LogP contribution < -0.4 is 5.32 Å². The molecule has 2 aromatic rings. The van der Waals surface area contributed by atoms with Crippen LogP contribution >= 0.6 is 0 Å². The van der Waals surface area contributed by atoms with Crippen LogP contribution in [0.3, 0.4) is 0 Å². The van der Waals surface area contributed by atoms with Gasteiger partial charge in [0, 0.05) is 18.1 Å². The summed E-state index contributed by atoms with van der Waals surface area (Å²) in [5.74, 6) is 0. The van der Waals surface area contributed by atoms with Crippen LogP contribution in [0.1, 0.15) is 18.1 Å². The lowest BCUT2D eigenvalue weighted by atomic mass is 10.0. The van der Waals surface area contributed by atoms with Gasteiger partial charge in [-0.2, -0.15) is 0 Å². The van der Waals surface area contributed by atoms with Crippen molar-refractivity contribution in [2.24, 2.45) is 0 Å². The second-order valence-corrected chi connectivity index (χ2v) is 4.46. The summed E-state index contributed by atoms with van der Waals surface area (Å²) >= 11 is 0. The first-order valence-electron chi connectivity index (χ1n) is 5.54. The summed E-state index contributed by atoms with van der Waals surface area (Å²) in [5, 5.41) is 4.65. The molecule has 1 aromatic heterocycles. The number of rotatable bonds is 0. The lowest BCUT2D eigenvalue weighted by Gasteiger charge is -2.18. The minimum atomic E-state index is 0.918. The van der Waals surface area contributed by atoms with Crippen molar-refractivity contribution >= 4 is 22.7 Å². The van der Waals surface area contributed by atoms with E-state index in [1.54, 1.807) is 0 Å². The van der Waals surface area contributed by atoms with E-state index in [4.69, 9.17) is 0 Å². The third-order valence-corrected chi connectivity index (χ3v) is 2.97. The molecule has 0 bridgehead atoms. The second kappa shape index (κ2) is 3.34. The smallest absolute Gasteiger partial charge is 0.0939 e. The van der Waals surface area contributed by atoms with Crippen molar-refractivity contribution in [2.75, 3.05) is 11.9 Å². The van der Waals surface area contributed by atoms with E-state index in [1.165, 1.54) is 27.8 Å². The molecule has 3 rings (SSSR count). The number of nitrogens with zero attached hydrogens (tertiary/aromatic N) is 1. The highest BCUT2D eigenvalue weighted by atomic mass is 14.9. The molecule has 16 heavy (non-hydrogen) atoms. The summed E-state index contributed by atoms with van der Waals surface area (Å²) in [5.41, 5.74) is 6.05. The highest BCUT2D eigenvalue weighted by Gasteiger charge is 2.11. The number of nitrogens with one attached hydrogen (secondary N) is 1. The Labute approximate surface area is 95.0 Å². The van der Waals surface area contributed by atoms with Crippen molar-refractivity contribution in [1.82, 2.24) is 4.98 Å². The van der Waals surface area contributed by atoms with E-state index in [9.17, 15) is 0 Å². The van der Waals surface area contributed by atoms with E-state index in [-0.39, 0.29) is 0 Å². The largest absolute Gasteiger partial charge is 0.379 e. The predicted molar refractivity (Wildman–Crippen MR) is 68.6 cm³/mol. The average molecular weight is 210 g/mol. The summed E-state index contributed by atoms with van der Waals surface area (Å²) in [6.45, 7) is 5.13. The molecule has 0 saturated heterocycles. The maximum Gasteiger partial charge on any atom is 0.0939 e. The first-order valence-corrected chi connectivity index (χ1v) is 5.54. The molecule has 0 fully saturated rings. The highest BCUT2D eigenvalue weighted by Crippen LogP contribution is 2.30. The summed E-state index contributed by atoms with van der Waals surface area (Å²) in [4.78, 5) is 4.53. The molecule has 0 spiro atoms. The molecule has 0 atom stereocenters. The number of benzene rings is 1. The van der Waals surface area contributed by atoms with E-state index >= 15 is 0 Å². The van der Waals surface area contributed by atoms with Crippen LogP contribution in [0.4, 0.5) is 5.69 Å². The van der Waals surface area contributed by atoms with Gasteiger partial charge < -0.3 is 5.32 Å². The van der Waals surface area contributed by atoms with Crippen LogP contribution in [0.25, 0.3) is 17.0 Å². The average Bonchev–Trinajstić information content (AvgIpc) is 2.28. The molecule has 1 aliphatic rings. The van der Waals surface area contributed by atoms with Gasteiger partial charge in [-0.05, 0) is 31.0 Å². The summed E-state index contributed by atoms with van der Waals surface area (Å²) in [7, 11) is 0. The molecule has 80 valence electrons. The Balaban J connectivity index is 2.33. The Bertz CT molecular complexity index is 597. The number of aromatic nitrogens is 1. The standard InChI is InChI=1S/C14H14N2/c1-9-5-11-3-4-12-6-10(2)8-16-14(12)13(11)15-7-9/h3-7,16H,8H2,1-2H3. The molecule has 1 N–H and O–H groups in total. The van der Waals surface area contributed by atoms with Gasteiger partial charge in [0.2, 0.25) is 0 Å². The van der Waals surface area contributed by atoms with Gasteiger partial charge in [-0.3, -0.25) is 4.98 Å². The van der Waals surface area contributed by atoms with Crippen molar-refractivity contribution in [3.8, 4) is 0 Å². The zero-order valence-corrected chi connectivity index (χ0v) is 9.54. The summed E-state index contributed by atoms with van der Waals surface area (Å²) in [6, 6.07) is 6.48. The fourth-order valence-corrected chi connectivity index (χ4v) is 2.18. The maximum absolute atomic E-state index is 4.53. The fourth-order valence-electron chi connectivity index (χ4n) is 2.18. The third-order valence-electron chi connectivity index (χ3n) is 2.97. The molecule has 2 nitrogen and oxygen atoms in total. The highest BCUT2D eigenvalue weighted by molar-refractivity contribution is 5.96. The Morgan fingerprint density at radius 1 is 1.25 bits per heavy atom. The molecule has 0 unspecified atom stereocenters. The molecule has 2 heteroatoms. The SMILES string of the molecule is CC1=Cc2ccc3cc(C)cnc3c2NC1. The number of hydrogen-bond acceptors (Lipinski definition) is 2. The van der Waals surface area contributed by atoms with Crippen LogP contribution in [0.15, 0.2) is 30.0 Å². The minimum Gasteiger partial charge on any atom is -0.379 e. The Morgan fingerprint density at radius 3 is 3.00 bits per heavy atom. The van der Waals surface area contributed by atoms with Crippen molar-refractivity contribution in [3.05, 3.63) is 41.1 Å². The molecule has 2 heterocycles. The molecule has 1 aliphatic heterocycles. The lowest BCUT2D eigenvalue weighted by Crippen LogP contribution is -2.09. The molecule has 0 radical (unpaired) electrons. The fraction of sp³-hybridized carbons (Fsp3) is 0.214. The molecular formula is C14H14N2. The van der Waals surface area contributed by atoms with Gasteiger partial charge in [0.15, 0.2) is 0 Å². The van der Waals surface area contributed by atoms with Crippen molar-refractivity contribution in [3.63, 3.8) is 0 Å². The monoisotopic (exact) mass is 210 g/mol. The van der Waals surface area contributed by atoms with Crippen LogP contribution in [-0.2, 0) is 0 Å². The maximum atomic E-state index is 4.53. The van der Waals surface area contributed by atoms with Crippen LogP contribution in [0.5, 0.6) is 0 Å². The Morgan fingerprint density at radius 2 is 2.12 bits per heavy atom. The van der Waals surface area contributed by atoms with Gasteiger partial charge in [-0.15, -0.1) is 0 Å². The van der Waals surface area contributed by atoms with E-state index in [1.807, 2.05) is 6.20 Å². The van der Waals surface area contributed by atoms with E-state index in [0.29, 0.717) is 0 Å². The van der Waals surface area contributed by atoms with Gasteiger partial charge in [-0.1, -0.05) is 23.8 Å². The van der Waals surface area contributed by atoms with Gasteiger partial charge >= 0.3 is 0 Å². The van der Waals surface area contributed by atoms with Gasteiger partial charge in [0.05, 0.1) is 11.2 Å². The van der Waals surface area contributed by atoms with Gasteiger partial charge in [0.1, 0.15) is 0 Å². The predicted octanol–water partition coefficient (Wildman–Crippen LogP) is 3.37. The van der Waals surface area contributed by atoms with Crippen molar-refractivity contribution < 1.29 is 0 Å².